The average Bonchev–Trinajstić information content (AvgIpc) is 3.48. The number of nitrogens with zero attached hydrogens (tertiary/aromatic N) is 4. The van der Waals surface area contributed by atoms with Gasteiger partial charge in [0, 0.05) is 11.3 Å². The van der Waals surface area contributed by atoms with Crippen molar-refractivity contribution in [3.63, 3.8) is 0 Å². The van der Waals surface area contributed by atoms with Gasteiger partial charge >= 0.3 is 0 Å². The van der Waals surface area contributed by atoms with Crippen LogP contribution < -0.4 is 10.2 Å². The first kappa shape index (κ1) is 20.4. The van der Waals surface area contributed by atoms with Gasteiger partial charge in [-0.3, -0.25) is 9.36 Å². The van der Waals surface area contributed by atoms with E-state index < -0.39 is 0 Å². The normalized spacial score (nSPS) is 11.0. The number of carbonyl (C=O) groups is 1. The molecule has 1 amide bonds. The third-order valence-electron chi connectivity index (χ3n) is 4.25. The van der Waals surface area contributed by atoms with Gasteiger partial charge in [-0.2, -0.15) is 5.10 Å². The number of carbonyl (C=O) groups excluding carboxylic acids is 1. The Labute approximate surface area is 182 Å². The first-order chi connectivity index (χ1) is 15.2. The second-order valence-corrected chi connectivity index (χ2v) is 7.25. The summed E-state index contributed by atoms with van der Waals surface area (Å²) in [7, 11) is 1.62. The molecule has 0 aliphatic rings. The molecule has 0 saturated heterocycles. The summed E-state index contributed by atoms with van der Waals surface area (Å²) in [6.45, 7) is 0. The van der Waals surface area contributed by atoms with Crippen LogP contribution >= 0.6 is 11.8 Å². The molecular formula is C22H19N5O3S. The number of ether oxygens (including phenoxy) is 1. The van der Waals surface area contributed by atoms with E-state index in [0.29, 0.717) is 16.7 Å². The van der Waals surface area contributed by atoms with Crippen LogP contribution in [0.3, 0.4) is 0 Å². The number of hydrogen-bond acceptors (Lipinski definition) is 7. The van der Waals surface area contributed by atoms with Gasteiger partial charge in [0.05, 0.1) is 25.3 Å². The second-order valence-electron chi connectivity index (χ2n) is 6.30. The summed E-state index contributed by atoms with van der Waals surface area (Å²) in [4.78, 5) is 12.2. The van der Waals surface area contributed by atoms with Crippen LogP contribution in [0.2, 0.25) is 0 Å². The van der Waals surface area contributed by atoms with Crippen LogP contribution in [0.15, 0.2) is 87.7 Å². The molecule has 0 atom stereocenters. The number of hydrazone groups is 1. The van der Waals surface area contributed by atoms with Crippen LogP contribution in [-0.4, -0.2) is 39.7 Å². The highest BCUT2D eigenvalue weighted by atomic mass is 32.2. The van der Waals surface area contributed by atoms with Crippen LogP contribution in [0.1, 0.15) is 5.76 Å². The van der Waals surface area contributed by atoms with Crippen molar-refractivity contribution in [1.29, 1.82) is 0 Å². The molecule has 4 rings (SSSR count). The minimum Gasteiger partial charge on any atom is -0.497 e. The predicted molar refractivity (Wildman–Crippen MR) is 119 cm³/mol. The molecule has 0 spiro atoms. The molecule has 156 valence electrons. The predicted octanol–water partition coefficient (Wildman–Crippen LogP) is 3.78. The third-order valence-corrected chi connectivity index (χ3v) is 5.18. The van der Waals surface area contributed by atoms with E-state index in [0.717, 1.165) is 17.0 Å². The molecule has 0 aliphatic carbocycles. The smallest absolute Gasteiger partial charge is 0.250 e. The SMILES string of the molecule is COc1ccc(-n2c(SCC(=O)N/N=C\c3ccco3)nnc2-c2ccccc2)cc1. The maximum absolute atomic E-state index is 12.2. The monoisotopic (exact) mass is 433 g/mol. The lowest BCUT2D eigenvalue weighted by Crippen LogP contribution is -2.19. The topological polar surface area (TPSA) is 94.5 Å². The molecule has 2 heterocycles. The van der Waals surface area contributed by atoms with E-state index >= 15 is 0 Å². The largest absolute Gasteiger partial charge is 0.497 e. The molecule has 1 N–H and O–H groups in total. The Hall–Kier alpha value is -3.85. The third kappa shape index (κ3) is 5.01. The zero-order valence-electron chi connectivity index (χ0n) is 16.6. The highest BCUT2D eigenvalue weighted by molar-refractivity contribution is 7.99. The molecule has 0 radical (unpaired) electrons. The Morgan fingerprint density at radius 1 is 1.13 bits per heavy atom. The number of furan rings is 1. The summed E-state index contributed by atoms with van der Waals surface area (Å²) in [5.41, 5.74) is 4.27. The van der Waals surface area contributed by atoms with E-state index in [2.05, 4.69) is 20.7 Å². The lowest BCUT2D eigenvalue weighted by Gasteiger charge is -2.11. The van der Waals surface area contributed by atoms with Crippen molar-refractivity contribution >= 4 is 23.9 Å². The molecule has 0 fully saturated rings. The molecule has 9 heteroatoms. The van der Waals surface area contributed by atoms with Crippen molar-refractivity contribution < 1.29 is 13.9 Å². The minimum atomic E-state index is -0.265. The maximum Gasteiger partial charge on any atom is 0.250 e. The number of amides is 1. The summed E-state index contributed by atoms with van der Waals surface area (Å²) >= 11 is 1.27. The van der Waals surface area contributed by atoms with Crippen molar-refractivity contribution in [3.8, 4) is 22.8 Å². The van der Waals surface area contributed by atoms with E-state index in [-0.39, 0.29) is 11.7 Å². The van der Waals surface area contributed by atoms with E-state index in [1.54, 1.807) is 19.2 Å². The Balaban J connectivity index is 1.54. The summed E-state index contributed by atoms with van der Waals surface area (Å²) < 4.78 is 12.3. The van der Waals surface area contributed by atoms with Crippen LogP contribution in [0, 0.1) is 0 Å². The van der Waals surface area contributed by atoms with E-state index in [1.807, 2.05) is 59.2 Å². The molecule has 0 unspecified atom stereocenters. The molecule has 0 aliphatic heterocycles. The molecule has 0 bridgehead atoms. The van der Waals surface area contributed by atoms with Crippen LogP contribution in [-0.2, 0) is 4.79 Å². The zero-order chi connectivity index (χ0) is 21.5. The minimum absolute atomic E-state index is 0.124. The molecule has 8 nitrogen and oxygen atoms in total. The first-order valence-corrected chi connectivity index (χ1v) is 10.4. The number of thioether (sulfide) groups is 1. The van der Waals surface area contributed by atoms with Gasteiger partial charge in [0.15, 0.2) is 11.0 Å². The van der Waals surface area contributed by atoms with Crippen molar-refractivity contribution in [2.24, 2.45) is 5.10 Å². The van der Waals surface area contributed by atoms with Crippen molar-refractivity contribution in [2.75, 3.05) is 12.9 Å². The summed E-state index contributed by atoms with van der Waals surface area (Å²) in [6, 6.07) is 20.8. The number of benzene rings is 2. The van der Waals surface area contributed by atoms with Crippen LogP contribution in [0.5, 0.6) is 5.75 Å². The van der Waals surface area contributed by atoms with Gasteiger partial charge in [0.2, 0.25) is 0 Å². The van der Waals surface area contributed by atoms with Gasteiger partial charge < -0.3 is 9.15 Å². The van der Waals surface area contributed by atoms with Crippen molar-refractivity contribution in [3.05, 3.63) is 78.8 Å². The average molecular weight is 433 g/mol. The lowest BCUT2D eigenvalue weighted by atomic mass is 10.2. The summed E-state index contributed by atoms with van der Waals surface area (Å²) in [5.74, 6) is 1.85. The molecule has 31 heavy (non-hydrogen) atoms. The molecular weight excluding hydrogens is 414 g/mol. The van der Waals surface area contributed by atoms with Gasteiger partial charge in [-0.05, 0) is 36.4 Å². The highest BCUT2D eigenvalue weighted by Gasteiger charge is 2.17. The second kappa shape index (κ2) is 9.77. The fourth-order valence-electron chi connectivity index (χ4n) is 2.80. The number of methoxy groups -OCH3 is 1. The Morgan fingerprint density at radius 3 is 2.65 bits per heavy atom. The fraction of sp³-hybridized carbons (Fsp3) is 0.0909. The highest BCUT2D eigenvalue weighted by Crippen LogP contribution is 2.28. The summed E-state index contributed by atoms with van der Waals surface area (Å²) in [6.07, 6.45) is 2.98. The zero-order valence-corrected chi connectivity index (χ0v) is 17.5. The first-order valence-electron chi connectivity index (χ1n) is 9.38. The van der Waals surface area contributed by atoms with Gasteiger partial charge in [-0.15, -0.1) is 10.2 Å². The van der Waals surface area contributed by atoms with E-state index in [9.17, 15) is 4.79 Å². The van der Waals surface area contributed by atoms with E-state index in [4.69, 9.17) is 9.15 Å². The van der Waals surface area contributed by atoms with Crippen LogP contribution in [0.25, 0.3) is 17.1 Å². The van der Waals surface area contributed by atoms with E-state index in [1.165, 1.54) is 24.2 Å². The number of nitrogens with one attached hydrogen (secondary N) is 1. The Kier molecular flexibility index (Phi) is 6.44. The van der Waals surface area contributed by atoms with Gasteiger partial charge in [-0.25, -0.2) is 5.43 Å². The van der Waals surface area contributed by atoms with Gasteiger partial charge in [0.25, 0.3) is 5.91 Å². The van der Waals surface area contributed by atoms with Gasteiger partial charge in [-0.1, -0.05) is 42.1 Å². The van der Waals surface area contributed by atoms with Crippen molar-refractivity contribution in [1.82, 2.24) is 20.2 Å². The number of rotatable bonds is 8. The number of hydrogen-bond donors (Lipinski definition) is 1. The quantitative estimate of drug-likeness (QED) is 0.258. The molecule has 2 aromatic carbocycles. The maximum atomic E-state index is 12.2. The Morgan fingerprint density at radius 2 is 1.94 bits per heavy atom. The fourth-order valence-corrected chi connectivity index (χ4v) is 3.54. The lowest BCUT2D eigenvalue weighted by molar-refractivity contribution is -0.118. The standard InChI is InChI=1S/C22H19N5O3S/c1-29-18-11-9-17(10-12-18)27-21(16-6-3-2-4-7-16)25-26-22(27)31-15-20(28)24-23-14-19-8-5-13-30-19/h2-14H,15H2,1H3,(H,24,28)/b23-14-. The molecule has 2 aromatic heterocycles. The van der Waals surface area contributed by atoms with Crippen LogP contribution in [0.4, 0.5) is 0 Å². The molecule has 4 aromatic rings. The number of aromatic nitrogens is 3. The van der Waals surface area contributed by atoms with Crippen molar-refractivity contribution in [2.45, 2.75) is 5.16 Å². The van der Waals surface area contributed by atoms with Gasteiger partial charge in [0.1, 0.15) is 11.5 Å². The Bertz CT molecular complexity index is 1160. The summed E-state index contributed by atoms with van der Waals surface area (Å²) in [5, 5.41) is 13.2. The molecule has 0 saturated carbocycles.